The summed E-state index contributed by atoms with van der Waals surface area (Å²) >= 11 is 0. The fraction of sp³-hybridized carbons (Fsp3) is 0.789. The Kier molecular flexibility index (Phi) is 5.66. The third kappa shape index (κ3) is 4.28. The minimum Gasteiger partial charge on any atom is -0.396 e. The van der Waals surface area contributed by atoms with Crippen LogP contribution in [-0.2, 0) is 19.6 Å². The molecule has 0 unspecified atom stereocenters. The van der Waals surface area contributed by atoms with Crippen molar-refractivity contribution in [3.63, 3.8) is 0 Å². The molecule has 1 N–H and O–H groups in total. The fourth-order valence-electron chi connectivity index (χ4n) is 4.32. The molecule has 0 bridgehead atoms. The number of amides is 2. The number of carbonyl (C=O) groups excluding carboxylic acids is 1. The number of carbonyl (C=O) groups is 1. The number of hydrogen-bond acceptors (Lipinski definition) is 5. The van der Waals surface area contributed by atoms with Crippen LogP contribution in [-0.4, -0.2) is 100.0 Å². The number of likely N-dealkylation sites (N-methyl/N-ethyl adjacent to an activating group) is 1. The van der Waals surface area contributed by atoms with Crippen molar-refractivity contribution in [3.05, 3.63) is 17.5 Å². The molecule has 0 atom stereocenters. The van der Waals surface area contributed by atoms with Gasteiger partial charge in [0, 0.05) is 45.9 Å². The van der Waals surface area contributed by atoms with Gasteiger partial charge in [0.2, 0.25) is 0 Å². The number of piperazine rings is 1. The number of aliphatic hydroxyl groups is 1. The Morgan fingerprint density at radius 2 is 1.78 bits per heavy atom. The summed E-state index contributed by atoms with van der Waals surface area (Å²) in [5.41, 5.74) is 2.24. The van der Waals surface area contributed by atoms with E-state index in [1.54, 1.807) is 0 Å². The lowest BCUT2D eigenvalue weighted by atomic mass is 9.98. The maximum atomic E-state index is 12.8. The highest BCUT2D eigenvalue weighted by molar-refractivity contribution is 5.74. The topological polar surface area (TPSA) is 68.1 Å². The van der Waals surface area contributed by atoms with Crippen LogP contribution in [0.15, 0.2) is 6.07 Å². The molecule has 4 rings (SSSR count). The Hall–Kier alpha value is -1.64. The van der Waals surface area contributed by atoms with Crippen molar-refractivity contribution in [1.82, 2.24) is 29.4 Å². The number of piperidine rings is 1. The molecule has 2 amide bonds. The predicted molar refractivity (Wildman–Crippen MR) is 102 cm³/mol. The Morgan fingerprint density at radius 3 is 2.48 bits per heavy atom. The van der Waals surface area contributed by atoms with Gasteiger partial charge in [0.05, 0.1) is 24.5 Å². The highest BCUT2D eigenvalue weighted by Gasteiger charge is 2.28. The highest BCUT2D eigenvalue weighted by Crippen LogP contribution is 2.20. The van der Waals surface area contributed by atoms with Crippen molar-refractivity contribution in [2.24, 2.45) is 5.92 Å². The fourth-order valence-corrected chi connectivity index (χ4v) is 4.32. The monoisotopic (exact) mass is 376 g/mol. The van der Waals surface area contributed by atoms with Crippen molar-refractivity contribution < 1.29 is 9.90 Å². The van der Waals surface area contributed by atoms with Gasteiger partial charge in [-0.3, -0.25) is 9.58 Å². The molecule has 4 heterocycles. The number of hydrogen-bond donors (Lipinski definition) is 1. The van der Waals surface area contributed by atoms with E-state index >= 15 is 0 Å². The Balaban J connectivity index is 1.33. The van der Waals surface area contributed by atoms with Crippen molar-refractivity contribution >= 4 is 6.03 Å². The summed E-state index contributed by atoms with van der Waals surface area (Å²) in [5.74, 6) is 0.464. The molecule has 2 saturated heterocycles. The van der Waals surface area contributed by atoms with E-state index < -0.39 is 0 Å². The molecule has 1 aromatic rings. The third-order valence-electron chi connectivity index (χ3n) is 6.24. The highest BCUT2D eigenvalue weighted by atomic mass is 16.3. The van der Waals surface area contributed by atoms with Gasteiger partial charge < -0.3 is 19.8 Å². The average molecular weight is 377 g/mol. The van der Waals surface area contributed by atoms with E-state index in [0.29, 0.717) is 19.1 Å². The van der Waals surface area contributed by atoms with Gasteiger partial charge in [0.25, 0.3) is 0 Å². The molecule has 8 heteroatoms. The van der Waals surface area contributed by atoms with Gasteiger partial charge in [0.1, 0.15) is 0 Å². The average Bonchev–Trinajstić information content (AvgIpc) is 3.10. The second-order valence-electron chi connectivity index (χ2n) is 8.25. The predicted octanol–water partition coefficient (Wildman–Crippen LogP) is 0.270. The zero-order valence-electron chi connectivity index (χ0n) is 16.4. The largest absolute Gasteiger partial charge is 0.396 e. The number of likely N-dealkylation sites (tertiary alicyclic amines) is 1. The van der Waals surface area contributed by atoms with Crippen LogP contribution in [0.25, 0.3) is 0 Å². The zero-order chi connectivity index (χ0) is 18.8. The summed E-state index contributed by atoms with van der Waals surface area (Å²) in [5, 5.41) is 14.0. The molecule has 2 fully saturated rings. The summed E-state index contributed by atoms with van der Waals surface area (Å²) in [7, 11) is 2.11. The second-order valence-corrected chi connectivity index (χ2v) is 8.25. The lowest BCUT2D eigenvalue weighted by molar-refractivity contribution is 0.112. The van der Waals surface area contributed by atoms with E-state index in [0.717, 1.165) is 83.1 Å². The summed E-state index contributed by atoms with van der Waals surface area (Å²) in [6.45, 7) is 8.95. The lowest BCUT2D eigenvalue weighted by Crippen LogP contribution is -2.53. The summed E-state index contributed by atoms with van der Waals surface area (Å²) in [6.07, 6.45) is 2.13. The number of fused-ring (bicyclic) bond motifs is 1. The van der Waals surface area contributed by atoms with Crippen molar-refractivity contribution in [3.8, 4) is 0 Å². The normalized spacial score (nSPS) is 22.9. The van der Waals surface area contributed by atoms with Crippen molar-refractivity contribution in [2.75, 3.05) is 59.5 Å². The Morgan fingerprint density at radius 1 is 1.07 bits per heavy atom. The van der Waals surface area contributed by atoms with Crippen molar-refractivity contribution in [2.45, 2.75) is 32.5 Å². The van der Waals surface area contributed by atoms with Crippen LogP contribution in [0.1, 0.15) is 24.2 Å². The molecule has 27 heavy (non-hydrogen) atoms. The first kappa shape index (κ1) is 18.7. The summed E-state index contributed by atoms with van der Waals surface area (Å²) in [4.78, 5) is 21.5. The molecule has 0 radical (unpaired) electrons. The zero-order valence-corrected chi connectivity index (χ0v) is 16.4. The van der Waals surface area contributed by atoms with Crippen LogP contribution in [0, 0.1) is 5.92 Å². The summed E-state index contributed by atoms with van der Waals surface area (Å²) < 4.78 is 2.07. The lowest BCUT2D eigenvalue weighted by Gasteiger charge is -2.37. The molecule has 150 valence electrons. The minimum absolute atomic E-state index is 0.170. The molecule has 3 aliphatic rings. The van der Waals surface area contributed by atoms with Gasteiger partial charge in [-0.15, -0.1) is 0 Å². The molecule has 3 aliphatic heterocycles. The number of rotatable bonds is 3. The first-order chi connectivity index (χ1) is 13.1. The van der Waals surface area contributed by atoms with E-state index in [2.05, 4.69) is 27.6 Å². The van der Waals surface area contributed by atoms with E-state index in [4.69, 9.17) is 5.10 Å². The van der Waals surface area contributed by atoms with Gasteiger partial charge in [-0.05, 0) is 45.0 Å². The van der Waals surface area contributed by atoms with E-state index in [-0.39, 0.29) is 6.03 Å². The quantitative estimate of drug-likeness (QED) is 0.820. The molecule has 0 spiro atoms. The van der Waals surface area contributed by atoms with Crippen LogP contribution in [0.4, 0.5) is 4.79 Å². The molecule has 8 nitrogen and oxygen atoms in total. The number of urea groups is 1. The van der Waals surface area contributed by atoms with Crippen molar-refractivity contribution in [1.29, 1.82) is 0 Å². The Labute approximate surface area is 161 Å². The van der Waals surface area contributed by atoms with Crippen LogP contribution < -0.4 is 0 Å². The standard InChI is InChI=1S/C19H32N6O2/c1-21-6-8-23(9-7-21)19(27)24-10-11-25-18(14-24)12-17(20-25)13-22-4-2-16(15-26)3-5-22/h12,16,26H,2-11,13-15H2,1H3. The summed E-state index contributed by atoms with van der Waals surface area (Å²) in [6, 6.07) is 2.34. The first-order valence-electron chi connectivity index (χ1n) is 10.2. The maximum Gasteiger partial charge on any atom is 0.320 e. The van der Waals surface area contributed by atoms with Crippen LogP contribution in [0.3, 0.4) is 0 Å². The molecule has 1 aromatic heterocycles. The van der Waals surface area contributed by atoms with E-state index in [1.165, 1.54) is 0 Å². The van der Waals surface area contributed by atoms with Crippen LogP contribution in [0.5, 0.6) is 0 Å². The van der Waals surface area contributed by atoms with Gasteiger partial charge in [-0.1, -0.05) is 0 Å². The maximum absolute atomic E-state index is 12.8. The van der Waals surface area contributed by atoms with Gasteiger partial charge in [0.15, 0.2) is 0 Å². The SMILES string of the molecule is CN1CCN(C(=O)N2CCn3nc(CN4CCC(CO)CC4)cc3C2)CC1. The number of aliphatic hydroxyl groups excluding tert-OH is 1. The van der Waals surface area contributed by atoms with Gasteiger partial charge in [-0.25, -0.2) is 4.79 Å². The van der Waals surface area contributed by atoms with Crippen LogP contribution in [0.2, 0.25) is 0 Å². The number of nitrogens with zero attached hydrogens (tertiary/aromatic N) is 6. The van der Waals surface area contributed by atoms with Gasteiger partial charge in [-0.2, -0.15) is 5.10 Å². The number of aromatic nitrogens is 2. The van der Waals surface area contributed by atoms with E-state index in [1.807, 2.05) is 9.80 Å². The van der Waals surface area contributed by atoms with Crippen LogP contribution >= 0.6 is 0 Å². The molecular formula is C19H32N6O2. The molecule has 0 saturated carbocycles. The van der Waals surface area contributed by atoms with Gasteiger partial charge >= 0.3 is 6.03 Å². The van der Waals surface area contributed by atoms with E-state index in [9.17, 15) is 9.90 Å². The second kappa shape index (κ2) is 8.16. The first-order valence-corrected chi connectivity index (χ1v) is 10.2. The molecule has 0 aromatic carbocycles. The molecule has 0 aliphatic carbocycles. The molecular weight excluding hydrogens is 344 g/mol. The Bertz CT molecular complexity index is 647. The third-order valence-corrected chi connectivity index (χ3v) is 6.24. The minimum atomic E-state index is 0.170. The smallest absolute Gasteiger partial charge is 0.320 e.